The summed E-state index contributed by atoms with van der Waals surface area (Å²) < 4.78 is 0. The third-order valence-corrected chi connectivity index (χ3v) is 3.78. The monoisotopic (exact) mass is 226 g/mol. The Morgan fingerprint density at radius 1 is 1.38 bits per heavy atom. The van der Waals surface area contributed by atoms with Gasteiger partial charge in [0.25, 0.3) is 0 Å². The zero-order chi connectivity index (χ0) is 12.1. The van der Waals surface area contributed by atoms with E-state index in [-0.39, 0.29) is 6.04 Å². The minimum Gasteiger partial charge on any atom is -0.326 e. The molecule has 1 amide bonds. The van der Waals surface area contributed by atoms with Gasteiger partial charge in [0.1, 0.15) is 0 Å². The molecule has 0 aliphatic carbocycles. The van der Waals surface area contributed by atoms with E-state index < -0.39 is 0 Å². The molecule has 0 aromatic carbocycles. The normalized spacial score (nSPS) is 24.9. The number of nitrogens with one attached hydrogen (secondary N) is 1. The lowest BCUT2D eigenvalue weighted by molar-refractivity contribution is -0.131. The number of carbonyl (C=O) groups is 1. The van der Waals surface area contributed by atoms with E-state index >= 15 is 0 Å². The van der Waals surface area contributed by atoms with Crippen molar-refractivity contribution in [2.24, 2.45) is 5.92 Å². The van der Waals surface area contributed by atoms with Crippen molar-refractivity contribution < 1.29 is 4.79 Å². The van der Waals surface area contributed by atoms with Gasteiger partial charge in [-0.05, 0) is 18.8 Å². The lowest BCUT2D eigenvalue weighted by Gasteiger charge is -2.26. The summed E-state index contributed by atoms with van der Waals surface area (Å²) in [5, 5.41) is 3.36. The highest BCUT2D eigenvalue weighted by atomic mass is 16.2. The summed E-state index contributed by atoms with van der Waals surface area (Å²) in [4.78, 5) is 14.3. The molecule has 1 N–H and O–H groups in total. The zero-order valence-electron chi connectivity index (χ0n) is 11.1. The van der Waals surface area contributed by atoms with E-state index in [1.165, 1.54) is 0 Å². The van der Waals surface area contributed by atoms with E-state index in [1.54, 1.807) is 0 Å². The van der Waals surface area contributed by atoms with E-state index in [2.05, 4.69) is 33.0 Å². The van der Waals surface area contributed by atoms with Gasteiger partial charge in [-0.2, -0.15) is 0 Å². The fourth-order valence-electron chi connectivity index (χ4n) is 2.44. The minimum atomic E-state index is 0.0518. The molecule has 1 saturated heterocycles. The zero-order valence-corrected chi connectivity index (χ0v) is 11.1. The third kappa shape index (κ3) is 2.76. The van der Waals surface area contributed by atoms with Crippen LogP contribution in [0.4, 0.5) is 0 Å². The predicted molar refractivity (Wildman–Crippen MR) is 67.1 cm³/mol. The minimum absolute atomic E-state index is 0.0518. The second-order valence-electron chi connectivity index (χ2n) is 4.88. The molecule has 94 valence electrons. The van der Waals surface area contributed by atoms with E-state index in [4.69, 9.17) is 0 Å². The summed E-state index contributed by atoms with van der Waals surface area (Å²) in [5.74, 6) is 0.756. The predicted octanol–water partition coefficient (Wildman–Crippen LogP) is 2.37. The topological polar surface area (TPSA) is 32.3 Å². The quantitative estimate of drug-likeness (QED) is 0.754. The second-order valence-corrected chi connectivity index (χ2v) is 4.88. The van der Waals surface area contributed by atoms with Crippen LogP contribution in [0.25, 0.3) is 0 Å². The molecule has 1 fully saturated rings. The average molecular weight is 226 g/mol. The largest absolute Gasteiger partial charge is 0.326 e. The van der Waals surface area contributed by atoms with Gasteiger partial charge in [-0.1, -0.05) is 40.5 Å². The Morgan fingerprint density at radius 3 is 2.56 bits per heavy atom. The molecule has 0 spiro atoms. The van der Waals surface area contributed by atoms with Crippen LogP contribution in [0.5, 0.6) is 0 Å². The average Bonchev–Trinajstić information content (AvgIpc) is 2.67. The van der Waals surface area contributed by atoms with Crippen molar-refractivity contribution in [2.75, 3.05) is 6.67 Å². The van der Waals surface area contributed by atoms with E-state index in [9.17, 15) is 4.79 Å². The fraction of sp³-hybridized carbons (Fsp3) is 0.923. The van der Waals surface area contributed by atoms with Gasteiger partial charge >= 0.3 is 0 Å². The Balaban J connectivity index is 2.61. The summed E-state index contributed by atoms with van der Waals surface area (Å²) in [7, 11) is 0. The first-order valence-corrected chi connectivity index (χ1v) is 6.69. The van der Waals surface area contributed by atoms with Crippen LogP contribution >= 0.6 is 0 Å². The molecule has 1 heterocycles. The molecule has 0 aromatic rings. The highest BCUT2D eigenvalue weighted by Crippen LogP contribution is 2.20. The van der Waals surface area contributed by atoms with Crippen molar-refractivity contribution in [3.05, 3.63) is 0 Å². The highest BCUT2D eigenvalue weighted by molar-refractivity contribution is 5.84. The van der Waals surface area contributed by atoms with E-state index in [0.717, 1.165) is 32.4 Å². The Bertz CT molecular complexity index is 230. The molecule has 3 atom stereocenters. The molecular formula is C13H26N2O. The molecule has 3 unspecified atom stereocenters. The maximum atomic E-state index is 12.2. The smallest absolute Gasteiger partial charge is 0.241 e. The molecule has 0 radical (unpaired) electrons. The number of hydrogen-bond donors (Lipinski definition) is 1. The van der Waals surface area contributed by atoms with Gasteiger partial charge in [0.05, 0.1) is 12.7 Å². The fourth-order valence-corrected chi connectivity index (χ4v) is 2.44. The molecule has 3 heteroatoms. The van der Waals surface area contributed by atoms with Crippen LogP contribution in [-0.2, 0) is 4.79 Å². The van der Waals surface area contributed by atoms with Crippen LogP contribution < -0.4 is 5.32 Å². The number of carbonyl (C=O) groups excluding carboxylic acids is 1. The summed E-state index contributed by atoms with van der Waals surface area (Å²) in [5.41, 5.74) is 0. The summed E-state index contributed by atoms with van der Waals surface area (Å²) in [6, 6.07) is 0.481. The van der Waals surface area contributed by atoms with Crippen LogP contribution in [0.3, 0.4) is 0 Å². The van der Waals surface area contributed by atoms with Gasteiger partial charge in [0.2, 0.25) is 5.91 Å². The Kier molecular flexibility index (Phi) is 5.26. The maximum Gasteiger partial charge on any atom is 0.241 e. The first-order valence-electron chi connectivity index (χ1n) is 6.69. The van der Waals surface area contributed by atoms with Crippen molar-refractivity contribution >= 4 is 5.91 Å². The molecule has 16 heavy (non-hydrogen) atoms. The molecule has 1 aliphatic heterocycles. The van der Waals surface area contributed by atoms with Crippen molar-refractivity contribution in [3.8, 4) is 0 Å². The van der Waals surface area contributed by atoms with Crippen molar-refractivity contribution in [1.29, 1.82) is 0 Å². The summed E-state index contributed by atoms with van der Waals surface area (Å²) in [6.45, 7) is 9.39. The van der Waals surface area contributed by atoms with Crippen LogP contribution in [-0.4, -0.2) is 29.6 Å². The lowest BCUT2D eigenvalue weighted by atomic mass is 9.98. The second kappa shape index (κ2) is 6.24. The van der Waals surface area contributed by atoms with Crippen LogP contribution in [0.15, 0.2) is 0 Å². The van der Waals surface area contributed by atoms with Gasteiger partial charge in [0.15, 0.2) is 0 Å². The molecular weight excluding hydrogens is 200 g/mol. The van der Waals surface area contributed by atoms with Gasteiger partial charge in [-0.25, -0.2) is 0 Å². The molecule has 0 bridgehead atoms. The number of nitrogens with zero attached hydrogens (tertiary/aromatic N) is 1. The molecule has 0 aromatic heterocycles. The number of rotatable bonds is 6. The maximum absolute atomic E-state index is 12.2. The van der Waals surface area contributed by atoms with Crippen molar-refractivity contribution in [3.63, 3.8) is 0 Å². The Hall–Kier alpha value is -0.570. The van der Waals surface area contributed by atoms with Gasteiger partial charge < -0.3 is 4.90 Å². The molecule has 3 nitrogen and oxygen atoms in total. The third-order valence-electron chi connectivity index (χ3n) is 3.78. The Morgan fingerprint density at radius 2 is 2.06 bits per heavy atom. The van der Waals surface area contributed by atoms with E-state index in [0.29, 0.717) is 17.9 Å². The number of amides is 1. The highest BCUT2D eigenvalue weighted by Gasteiger charge is 2.36. The van der Waals surface area contributed by atoms with Gasteiger partial charge in [-0.3, -0.25) is 10.1 Å². The van der Waals surface area contributed by atoms with Crippen LogP contribution in [0.2, 0.25) is 0 Å². The van der Waals surface area contributed by atoms with Gasteiger partial charge in [0, 0.05) is 6.04 Å². The van der Waals surface area contributed by atoms with Crippen LogP contribution in [0, 0.1) is 5.92 Å². The van der Waals surface area contributed by atoms with E-state index in [1.807, 2.05) is 4.90 Å². The first-order chi connectivity index (χ1) is 7.65. The van der Waals surface area contributed by atoms with Crippen LogP contribution in [0.1, 0.15) is 53.4 Å². The standard InChI is InChI=1S/C13H26N2O/c1-5-8-11(7-3)15-9-14-12(13(15)16)10(4)6-2/h10-12,14H,5-9H2,1-4H3. The van der Waals surface area contributed by atoms with Crippen molar-refractivity contribution in [2.45, 2.75) is 65.5 Å². The number of hydrogen-bond acceptors (Lipinski definition) is 2. The summed E-state index contributed by atoms with van der Waals surface area (Å²) in [6.07, 6.45) is 4.39. The summed E-state index contributed by atoms with van der Waals surface area (Å²) >= 11 is 0. The Labute approximate surface area is 99.6 Å². The molecule has 1 rings (SSSR count). The van der Waals surface area contributed by atoms with Gasteiger partial charge in [-0.15, -0.1) is 0 Å². The van der Waals surface area contributed by atoms with Crippen molar-refractivity contribution in [1.82, 2.24) is 10.2 Å². The SMILES string of the molecule is CCCC(CC)N1CNC(C(C)CC)C1=O. The molecule has 1 aliphatic rings. The first kappa shape index (κ1) is 13.5. The lowest BCUT2D eigenvalue weighted by Crippen LogP contribution is -2.40. The molecule has 0 saturated carbocycles.